The number of hydrogen-bond donors (Lipinski definition) is 2. The number of ether oxygens (including phenoxy) is 2. The Hall–Kier alpha value is -2.87. The molecule has 2 N–H and O–H groups in total. The number of hydrazone groups is 1. The van der Waals surface area contributed by atoms with Crippen LogP contribution in [0.25, 0.3) is 0 Å². The molecule has 0 spiro atoms. The summed E-state index contributed by atoms with van der Waals surface area (Å²) in [7, 11) is 1.55. The van der Waals surface area contributed by atoms with E-state index < -0.39 is 11.8 Å². The highest BCUT2D eigenvalue weighted by Crippen LogP contribution is 2.29. The second-order valence-electron chi connectivity index (χ2n) is 5.31. The molecule has 142 valence electrons. The van der Waals surface area contributed by atoms with Gasteiger partial charge in [-0.25, -0.2) is 5.43 Å². The molecule has 2 amide bonds. The molecule has 0 aliphatic carbocycles. The van der Waals surface area contributed by atoms with E-state index in [1.807, 2.05) is 13.0 Å². The van der Waals surface area contributed by atoms with Crippen LogP contribution in [0.1, 0.15) is 18.9 Å². The number of carbonyl (C=O) groups excluding carboxylic acids is 2. The average Bonchev–Trinajstić information content (AvgIpc) is 2.65. The van der Waals surface area contributed by atoms with Crippen molar-refractivity contribution in [3.05, 3.63) is 52.5 Å². The number of hydrogen-bond acceptors (Lipinski definition) is 5. The highest BCUT2D eigenvalue weighted by Gasteiger charge is 2.11. The molecule has 0 aliphatic rings. The second-order valence-corrected chi connectivity index (χ2v) is 6.16. The molecule has 0 heterocycles. The molecule has 0 radical (unpaired) electrons. The maximum Gasteiger partial charge on any atom is 0.249 e. The van der Waals surface area contributed by atoms with Crippen LogP contribution in [-0.2, 0) is 9.59 Å². The number of benzene rings is 2. The molecule has 2 aromatic rings. The van der Waals surface area contributed by atoms with Crippen molar-refractivity contribution in [2.45, 2.75) is 13.3 Å². The summed E-state index contributed by atoms with van der Waals surface area (Å²) in [6.45, 7) is 2.32. The summed E-state index contributed by atoms with van der Waals surface area (Å²) in [5.74, 6) is 0.134. The minimum absolute atomic E-state index is 0.352. The monoisotopic (exact) mass is 433 g/mol. The molecule has 27 heavy (non-hydrogen) atoms. The smallest absolute Gasteiger partial charge is 0.249 e. The van der Waals surface area contributed by atoms with Crippen molar-refractivity contribution in [3.63, 3.8) is 0 Å². The van der Waals surface area contributed by atoms with Gasteiger partial charge >= 0.3 is 0 Å². The lowest BCUT2D eigenvalue weighted by molar-refractivity contribution is -0.126. The van der Waals surface area contributed by atoms with E-state index in [9.17, 15) is 9.59 Å². The van der Waals surface area contributed by atoms with E-state index in [-0.39, 0.29) is 6.42 Å². The van der Waals surface area contributed by atoms with E-state index >= 15 is 0 Å². The fourth-order valence-corrected chi connectivity index (χ4v) is 2.59. The molecule has 7 nitrogen and oxygen atoms in total. The van der Waals surface area contributed by atoms with Gasteiger partial charge in [0.1, 0.15) is 6.42 Å². The SMILES string of the molecule is CCOc1c(C=NNC(=O)CC(=O)Nc2ccccc2Br)cccc1OC. The van der Waals surface area contributed by atoms with Gasteiger partial charge in [0.05, 0.1) is 25.6 Å². The van der Waals surface area contributed by atoms with Crippen molar-refractivity contribution in [2.75, 3.05) is 19.0 Å². The molecule has 0 fully saturated rings. The molecule has 0 aromatic heterocycles. The Kier molecular flexibility index (Phi) is 7.81. The minimum Gasteiger partial charge on any atom is -0.493 e. The number of rotatable bonds is 8. The van der Waals surface area contributed by atoms with Crippen molar-refractivity contribution < 1.29 is 19.1 Å². The molecular weight excluding hydrogens is 414 g/mol. The zero-order valence-corrected chi connectivity index (χ0v) is 16.6. The number of amides is 2. The van der Waals surface area contributed by atoms with Crippen molar-refractivity contribution >= 4 is 39.6 Å². The third kappa shape index (κ3) is 6.10. The molecule has 2 rings (SSSR count). The first-order valence-electron chi connectivity index (χ1n) is 8.21. The predicted molar refractivity (Wildman–Crippen MR) is 107 cm³/mol. The fourth-order valence-electron chi connectivity index (χ4n) is 2.21. The standard InChI is InChI=1S/C19H20BrN3O4/c1-3-27-19-13(7-6-10-16(19)26-2)12-21-23-18(25)11-17(24)22-15-9-5-4-8-14(15)20/h4-10,12H,3,11H2,1-2H3,(H,22,24)(H,23,25). The highest BCUT2D eigenvalue weighted by molar-refractivity contribution is 9.10. The molecule has 2 aromatic carbocycles. The Morgan fingerprint density at radius 2 is 1.93 bits per heavy atom. The van der Waals surface area contributed by atoms with Crippen LogP contribution in [0, 0.1) is 0 Å². The summed E-state index contributed by atoms with van der Waals surface area (Å²) in [5, 5.41) is 6.54. The maximum absolute atomic E-state index is 11.9. The summed E-state index contributed by atoms with van der Waals surface area (Å²) < 4.78 is 11.5. The number of nitrogens with zero attached hydrogens (tertiary/aromatic N) is 1. The van der Waals surface area contributed by atoms with Crippen molar-refractivity contribution in [2.24, 2.45) is 5.10 Å². The first kappa shape index (κ1) is 20.4. The van der Waals surface area contributed by atoms with Gasteiger partial charge in [0, 0.05) is 10.0 Å². The van der Waals surface area contributed by atoms with Crippen LogP contribution in [0.15, 0.2) is 52.0 Å². The first-order chi connectivity index (χ1) is 13.0. The van der Waals surface area contributed by atoms with Crippen LogP contribution in [0.4, 0.5) is 5.69 Å². The molecular formula is C19H20BrN3O4. The van der Waals surface area contributed by atoms with E-state index in [1.54, 1.807) is 43.5 Å². The lowest BCUT2D eigenvalue weighted by Gasteiger charge is -2.11. The quantitative estimate of drug-likeness (QED) is 0.379. The first-order valence-corrected chi connectivity index (χ1v) is 9.00. The van der Waals surface area contributed by atoms with E-state index in [2.05, 4.69) is 31.8 Å². The zero-order valence-electron chi connectivity index (χ0n) is 15.0. The number of methoxy groups -OCH3 is 1. The summed E-state index contributed by atoms with van der Waals surface area (Å²) in [6.07, 6.45) is 1.09. The van der Waals surface area contributed by atoms with Crippen molar-refractivity contribution in [1.29, 1.82) is 0 Å². The van der Waals surface area contributed by atoms with Crippen LogP contribution in [0.2, 0.25) is 0 Å². The van der Waals surface area contributed by atoms with Gasteiger partial charge in [-0.3, -0.25) is 9.59 Å². The van der Waals surface area contributed by atoms with E-state index in [4.69, 9.17) is 9.47 Å². The molecule has 0 atom stereocenters. The van der Waals surface area contributed by atoms with Crippen LogP contribution < -0.4 is 20.2 Å². The summed E-state index contributed by atoms with van der Waals surface area (Å²) in [4.78, 5) is 23.8. The molecule has 8 heteroatoms. The normalized spacial score (nSPS) is 10.5. The Bertz CT molecular complexity index is 839. The van der Waals surface area contributed by atoms with E-state index in [0.29, 0.717) is 29.4 Å². The Labute approximate surface area is 165 Å². The lowest BCUT2D eigenvalue weighted by Crippen LogP contribution is -2.24. The average molecular weight is 434 g/mol. The molecule has 0 bridgehead atoms. The Morgan fingerprint density at radius 3 is 2.63 bits per heavy atom. The van der Waals surface area contributed by atoms with Gasteiger partial charge in [-0.2, -0.15) is 5.10 Å². The molecule has 0 saturated heterocycles. The maximum atomic E-state index is 11.9. The number of nitrogens with one attached hydrogen (secondary N) is 2. The van der Waals surface area contributed by atoms with Crippen molar-refractivity contribution in [1.82, 2.24) is 5.43 Å². The van der Waals surface area contributed by atoms with Gasteiger partial charge < -0.3 is 14.8 Å². The van der Waals surface area contributed by atoms with Crippen LogP contribution in [0.3, 0.4) is 0 Å². The molecule has 0 saturated carbocycles. The third-order valence-electron chi connectivity index (χ3n) is 3.38. The van der Waals surface area contributed by atoms with Gasteiger partial charge in [-0.05, 0) is 47.1 Å². The van der Waals surface area contributed by atoms with E-state index in [1.165, 1.54) is 6.21 Å². The number of halogens is 1. The van der Waals surface area contributed by atoms with Gasteiger partial charge in [-0.1, -0.05) is 18.2 Å². The summed E-state index contributed by atoms with van der Waals surface area (Å²) in [6, 6.07) is 12.5. The fraction of sp³-hybridized carbons (Fsp3) is 0.211. The Morgan fingerprint density at radius 1 is 1.15 bits per heavy atom. The van der Waals surface area contributed by atoms with Gasteiger partial charge in [0.15, 0.2) is 11.5 Å². The van der Waals surface area contributed by atoms with Crippen LogP contribution in [0.5, 0.6) is 11.5 Å². The minimum atomic E-state index is -0.531. The lowest BCUT2D eigenvalue weighted by atomic mass is 10.2. The summed E-state index contributed by atoms with van der Waals surface area (Å²) in [5.41, 5.74) is 3.57. The van der Waals surface area contributed by atoms with Gasteiger partial charge in [0.2, 0.25) is 11.8 Å². The zero-order chi connectivity index (χ0) is 19.6. The third-order valence-corrected chi connectivity index (χ3v) is 4.07. The largest absolute Gasteiger partial charge is 0.493 e. The second kappa shape index (κ2) is 10.3. The number of carbonyl (C=O) groups is 2. The topological polar surface area (TPSA) is 89.0 Å². The Balaban J connectivity index is 1.93. The van der Waals surface area contributed by atoms with Gasteiger partial charge in [0.25, 0.3) is 0 Å². The molecule has 0 aliphatic heterocycles. The van der Waals surface area contributed by atoms with E-state index in [0.717, 1.165) is 4.47 Å². The summed E-state index contributed by atoms with van der Waals surface area (Å²) >= 11 is 3.33. The predicted octanol–water partition coefficient (Wildman–Crippen LogP) is 3.34. The molecule has 0 unspecified atom stereocenters. The van der Waals surface area contributed by atoms with Crippen LogP contribution in [-0.4, -0.2) is 31.7 Å². The van der Waals surface area contributed by atoms with Crippen molar-refractivity contribution in [3.8, 4) is 11.5 Å². The van der Waals surface area contributed by atoms with Gasteiger partial charge in [-0.15, -0.1) is 0 Å². The number of anilines is 1. The van der Waals surface area contributed by atoms with Crippen LogP contribution >= 0.6 is 15.9 Å². The number of para-hydroxylation sites is 2. The highest BCUT2D eigenvalue weighted by atomic mass is 79.9.